The third-order valence-electron chi connectivity index (χ3n) is 8.83. The summed E-state index contributed by atoms with van der Waals surface area (Å²) < 4.78 is 0. The van der Waals surface area contributed by atoms with Crippen molar-refractivity contribution in [2.45, 2.75) is 97.4 Å². The maximum Gasteiger partial charge on any atom is 0.326 e. The highest BCUT2D eigenvalue weighted by Crippen LogP contribution is 2.26. The van der Waals surface area contributed by atoms with Crippen LogP contribution in [0.3, 0.4) is 0 Å². The van der Waals surface area contributed by atoms with E-state index in [1.807, 2.05) is 0 Å². The molecule has 0 aliphatic carbocycles. The number of aromatic nitrogens is 2. The summed E-state index contributed by atoms with van der Waals surface area (Å²) >= 11 is 0. The van der Waals surface area contributed by atoms with Gasteiger partial charge >= 0.3 is 5.97 Å². The molecular formula is C36H49N7O8. The number of carbonyl (C=O) groups excluding carboxylic acids is 6. The molecule has 1 fully saturated rings. The Labute approximate surface area is 297 Å². The number of nitrogens with one attached hydrogen (secondary N) is 4. The van der Waals surface area contributed by atoms with Crippen molar-refractivity contribution in [3.63, 3.8) is 0 Å². The van der Waals surface area contributed by atoms with Crippen LogP contribution in [0.25, 0.3) is 0 Å². The van der Waals surface area contributed by atoms with Crippen LogP contribution in [0.5, 0.6) is 0 Å². The number of nitrogens with zero attached hydrogens (tertiary/aromatic N) is 3. The van der Waals surface area contributed by atoms with Crippen LogP contribution in [-0.2, 0) is 35.2 Å². The van der Waals surface area contributed by atoms with Crippen molar-refractivity contribution in [3.8, 4) is 0 Å². The molecule has 5 N–H and O–H groups in total. The maximum absolute atomic E-state index is 14.0. The number of likely N-dealkylation sites (tertiary alicyclic amines) is 1. The van der Waals surface area contributed by atoms with Crippen molar-refractivity contribution in [2.75, 3.05) is 6.54 Å². The zero-order valence-electron chi connectivity index (χ0n) is 29.9. The number of Topliss-reactive ketones (excluding diaryl/α,β-unsaturated/α-hetero) is 1. The molecule has 276 valence electrons. The van der Waals surface area contributed by atoms with Crippen LogP contribution in [0.1, 0.15) is 76.9 Å². The van der Waals surface area contributed by atoms with E-state index in [1.54, 1.807) is 71.9 Å². The van der Waals surface area contributed by atoms with E-state index in [1.165, 1.54) is 23.5 Å². The number of benzene rings is 1. The lowest BCUT2D eigenvalue weighted by Crippen LogP contribution is -2.60. The van der Waals surface area contributed by atoms with Crippen molar-refractivity contribution in [1.29, 1.82) is 0 Å². The van der Waals surface area contributed by atoms with Gasteiger partial charge in [-0.3, -0.25) is 33.8 Å². The Morgan fingerprint density at radius 3 is 2.12 bits per heavy atom. The summed E-state index contributed by atoms with van der Waals surface area (Å²) in [5.74, 6) is -6.87. The second kappa shape index (κ2) is 18.7. The second-order valence-electron chi connectivity index (χ2n) is 13.5. The van der Waals surface area contributed by atoms with Gasteiger partial charge in [-0.05, 0) is 36.2 Å². The lowest BCUT2D eigenvalue weighted by molar-refractivity contribution is -0.146. The molecule has 0 spiro atoms. The lowest BCUT2D eigenvalue weighted by atomic mass is 9.97. The Hall–Kier alpha value is -5.21. The van der Waals surface area contributed by atoms with Gasteiger partial charge in [0.2, 0.25) is 23.5 Å². The standard InChI is InChI=1S/C36H49N7O8/c1-7-11-24(30(44)34(48)40-25(36(50)51)18-23-12-9-8-10-13-23)39-33(47)29-22(6)14-17-43(29)35(49)28(21(4)5)42-32(46)27(20(2)3)41-31(45)26-19-37-15-16-38-26/h8-10,12-13,15-16,19-22,24-25,27-29H,7,11,14,17-18H2,1-6H3,(H,39,47)(H,40,48)(H,41,45)(H,42,46)(H,50,51)/t22-,24?,25-,27-,28-,29-/m0/s1. The van der Waals surface area contributed by atoms with Gasteiger partial charge in [0.15, 0.2) is 0 Å². The molecule has 3 rings (SSSR count). The topological polar surface area (TPSA) is 217 Å². The van der Waals surface area contributed by atoms with Crippen molar-refractivity contribution < 1.29 is 38.7 Å². The van der Waals surface area contributed by atoms with Gasteiger partial charge in [-0.15, -0.1) is 0 Å². The number of amides is 5. The third kappa shape index (κ3) is 10.9. The SMILES string of the molecule is CCCC(NC(=O)[C@@H]1[C@@H](C)CCN1C(=O)[C@@H](NC(=O)[C@@H](NC(=O)c1cnccn1)C(C)C)C(C)C)C(=O)C(=O)N[C@@H](Cc1ccccc1)C(=O)O. The number of aliphatic carboxylic acids is 1. The summed E-state index contributed by atoms with van der Waals surface area (Å²) in [5, 5.41) is 20.1. The van der Waals surface area contributed by atoms with Crippen LogP contribution >= 0.6 is 0 Å². The first kappa shape index (κ1) is 40.2. The van der Waals surface area contributed by atoms with Crippen molar-refractivity contribution in [3.05, 3.63) is 60.2 Å². The number of carboxylic acids is 1. The lowest BCUT2D eigenvalue weighted by Gasteiger charge is -2.33. The van der Waals surface area contributed by atoms with Gasteiger partial charge in [-0.2, -0.15) is 0 Å². The van der Waals surface area contributed by atoms with Crippen molar-refractivity contribution in [2.24, 2.45) is 17.8 Å². The largest absolute Gasteiger partial charge is 0.480 e. The highest BCUT2D eigenvalue weighted by atomic mass is 16.4. The fraction of sp³-hybridized carbons (Fsp3) is 0.528. The predicted molar refractivity (Wildman–Crippen MR) is 186 cm³/mol. The Balaban J connectivity index is 1.74. The predicted octanol–water partition coefficient (Wildman–Crippen LogP) is 1.27. The van der Waals surface area contributed by atoms with Gasteiger partial charge in [-0.25, -0.2) is 9.78 Å². The average Bonchev–Trinajstić information content (AvgIpc) is 3.49. The van der Waals surface area contributed by atoms with E-state index in [4.69, 9.17) is 0 Å². The minimum Gasteiger partial charge on any atom is -0.480 e. The molecule has 1 unspecified atom stereocenters. The molecule has 1 aromatic carbocycles. The molecule has 0 radical (unpaired) electrons. The van der Waals surface area contributed by atoms with Crippen LogP contribution in [0, 0.1) is 17.8 Å². The number of carboxylic acid groups (broad SMARTS) is 1. The minimum atomic E-state index is -1.37. The Morgan fingerprint density at radius 2 is 1.55 bits per heavy atom. The normalized spacial score (nSPS) is 17.9. The molecule has 5 amide bonds. The summed E-state index contributed by atoms with van der Waals surface area (Å²) in [6, 6.07) is 2.94. The fourth-order valence-electron chi connectivity index (χ4n) is 5.95. The van der Waals surface area contributed by atoms with Crippen LogP contribution in [-0.4, -0.2) is 98.0 Å². The highest BCUT2D eigenvalue weighted by molar-refractivity contribution is 6.38. The molecule has 0 saturated carbocycles. The van der Waals surface area contributed by atoms with Gasteiger partial charge in [0.25, 0.3) is 11.8 Å². The van der Waals surface area contributed by atoms with Gasteiger partial charge in [0.1, 0.15) is 29.9 Å². The number of carbonyl (C=O) groups is 7. The average molecular weight is 708 g/mol. The summed E-state index contributed by atoms with van der Waals surface area (Å²) in [4.78, 5) is 102. The number of rotatable bonds is 17. The third-order valence-corrected chi connectivity index (χ3v) is 8.83. The van der Waals surface area contributed by atoms with Crippen LogP contribution < -0.4 is 21.3 Å². The molecule has 1 aromatic heterocycles. The zero-order valence-corrected chi connectivity index (χ0v) is 29.9. The van der Waals surface area contributed by atoms with Crippen LogP contribution in [0.15, 0.2) is 48.9 Å². The molecule has 15 heteroatoms. The Bertz CT molecular complexity index is 1550. The maximum atomic E-state index is 14.0. The number of hydrogen-bond donors (Lipinski definition) is 5. The molecule has 51 heavy (non-hydrogen) atoms. The van der Waals surface area contributed by atoms with Crippen LogP contribution in [0.2, 0.25) is 0 Å². The van der Waals surface area contributed by atoms with Crippen LogP contribution in [0.4, 0.5) is 0 Å². The van der Waals surface area contributed by atoms with E-state index in [0.717, 1.165) is 0 Å². The van der Waals surface area contributed by atoms with Crippen molar-refractivity contribution >= 4 is 41.3 Å². The first-order valence-corrected chi connectivity index (χ1v) is 17.3. The smallest absolute Gasteiger partial charge is 0.326 e. The molecule has 15 nitrogen and oxygen atoms in total. The minimum absolute atomic E-state index is 0.0265. The second-order valence-corrected chi connectivity index (χ2v) is 13.5. The van der Waals surface area contributed by atoms with E-state index in [0.29, 0.717) is 18.4 Å². The molecule has 2 heterocycles. The molecule has 1 aliphatic rings. The summed E-state index contributed by atoms with van der Waals surface area (Å²) in [6.07, 6.45) is 4.99. The van der Waals surface area contributed by atoms with E-state index >= 15 is 0 Å². The molecule has 1 saturated heterocycles. The summed E-state index contributed by atoms with van der Waals surface area (Å²) in [6.45, 7) is 10.8. The Morgan fingerprint density at radius 1 is 0.882 bits per heavy atom. The van der Waals surface area contributed by atoms with Gasteiger partial charge in [-0.1, -0.05) is 78.3 Å². The monoisotopic (exact) mass is 707 g/mol. The van der Waals surface area contributed by atoms with E-state index in [-0.39, 0.29) is 36.9 Å². The summed E-state index contributed by atoms with van der Waals surface area (Å²) in [7, 11) is 0. The molecule has 2 aromatic rings. The molecule has 1 aliphatic heterocycles. The zero-order chi connectivity index (χ0) is 37.8. The first-order chi connectivity index (χ1) is 24.2. The quantitative estimate of drug-likeness (QED) is 0.148. The first-order valence-electron chi connectivity index (χ1n) is 17.3. The number of ketones is 1. The molecule has 0 bridgehead atoms. The van der Waals surface area contributed by atoms with Gasteiger partial charge in [0.05, 0.1) is 12.2 Å². The van der Waals surface area contributed by atoms with Gasteiger partial charge in [0, 0.05) is 25.4 Å². The van der Waals surface area contributed by atoms with E-state index in [2.05, 4.69) is 31.2 Å². The molecular weight excluding hydrogens is 658 g/mol. The van der Waals surface area contributed by atoms with Gasteiger partial charge < -0.3 is 31.3 Å². The molecule has 6 atom stereocenters. The van der Waals surface area contributed by atoms with Crippen molar-refractivity contribution in [1.82, 2.24) is 36.1 Å². The number of hydrogen-bond acceptors (Lipinski definition) is 9. The highest BCUT2D eigenvalue weighted by Gasteiger charge is 2.44. The Kier molecular flexibility index (Phi) is 14.7. The van der Waals surface area contributed by atoms with E-state index in [9.17, 15) is 38.7 Å². The van der Waals surface area contributed by atoms with E-state index < -0.39 is 77.4 Å². The fourth-order valence-corrected chi connectivity index (χ4v) is 5.95. The summed E-state index contributed by atoms with van der Waals surface area (Å²) in [5.41, 5.74) is 0.678.